The van der Waals surface area contributed by atoms with Gasteiger partial charge in [0.15, 0.2) is 0 Å². The second-order valence-electron chi connectivity index (χ2n) is 5.02. The Morgan fingerprint density at radius 3 is 3.00 bits per heavy atom. The van der Waals surface area contributed by atoms with Gasteiger partial charge < -0.3 is 5.73 Å². The molecule has 0 aromatic carbocycles. The highest BCUT2D eigenvalue weighted by molar-refractivity contribution is 7.87. The minimum absolute atomic E-state index is 0.274. The van der Waals surface area contributed by atoms with Crippen molar-refractivity contribution in [1.82, 2.24) is 24.0 Å². The maximum atomic E-state index is 12.1. The largest absolute Gasteiger partial charge is 0.330 e. The highest BCUT2D eigenvalue weighted by Gasteiger charge is 2.27. The van der Waals surface area contributed by atoms with Crippen LogP contribution in [0.25, 0.3) is 0 Å². The predicted octanol–water partition coefficient (Wildman–Crippen LogP) is -0.827. The highest BCUT2D eigenvalue weighted by atomic mass is 32.2. The number of hydrogen-bond donors (Lipinski definition) is 2. The summed E-state index contributed by atoms with van der Waals surface area (Å²) in [6, 6.07) is 0. The third-order valence-corrected chi connectivity index (χ3v) is 5.06. The third kappa shape index (κ3) is 4.23. The molecule has 1 aromatic rings. The van der Waals surface area contributed by atoms with E-state index in [0.29, 0.717) is 39.1 Å². The zero-order valence-corrected chi connectivity index (χ0v) is 12.3. The molecule has 9 heteroatoms. The molecule has 1 aliphatic rings. The molecule has 1 aromatic heterocycles. The summed E-state index contributed by atoms with van der Waals surface area (Å²) in [5.74, 6) is 0.274. The number of piperidine rings is 1. The molecule has 0 aliphatic carbocycles. The van der Waals surface area contributed by atoms with E-state index in [0.717, 1.165) is 12.8 Å². The van der Waals surface area contributed by atoms with Crippen LogP contribution in [-0.2, 0) is 16.8 Å². The Morgan fingerprint density at radius 1 is 1.45 bits per heavy atom. The smallest absolute Gasteiger partial charge is 0.279 e. The average molecular weight is 302 g/mol. The zero-order valence-electron chi connectivity index (χ0n) is 11.5. The van der Waals surface area contributed by atoms with Crippen molar-refractivity contribution in [1.29, 1.82) is 0 Å². The van der Waals surface area contributed by atoms with Gasteiger partial charge in [-0.25, -0.2) is 4.72 Å². The molecule has 3 N–H and O–H groups in total. The lowest BCUT2D eigenvalue weighted by atomic mass is 10.0. The molecule has 0 radical (unpaired) electrons. The number of aryl methyl sites for hydroxylation is 1. The van der Waals surface area contributed by atoms with Gasteiger partial charge >= 0.3 is 0 Å². The Balaban J connectivity index is 1.75. The molecule has 114 valence electrons. The summed E-state index contributed by atoms with van der Waals surface area (Å²) < 4.78 is 30.1. The van der Waals surface area contributed by atoms with Crippen molar-refractivity contribution < 1.29 is 8.42 Å². The lowest BCUT2D eigenvalue weighted by molar-refractivity contribution is 0.268. The maximum Gasteiger partial charge on any atom is 0.279 e. The Morgan fingerprint density at radius 2 is 2.30 bits per heavy atom. The fraction of sp³-hybridized carbons (Fsp3) is 0.818. The van der Waals surface area contributed by atoms with Gasteiger partial charge in [-0.15, -0.1) is 5.10 Å². The van der Waals surface area contributed by atoms with Crippen LogP contribution in [0.3, 0.4) is 0 Å². The normalized spacial score (nSPS) is 21.1. The second-order valence-corrected chi connectivity index (χ2v) is 6.78. The van der Waals surface area contributed by atoms with Crippen LogP contribution in [0.4, 0.5) is 0 Å². The standard InChI is InChI=1S/C11H22N6O2S/c12-9-11-3-1-7-17(10-11)20(18,19)14-4-2-6-16-8-5-13-15-16/h5,8,11,14H,1-4,6-7,9-10,12H2. The molecule has 1 aliphatic heterocycles. The van der Waals surface area contributed by atoms with E-state index in [9.17, 15) is 8.42 Å². The van der Waals surface area contributed by atoms with Crippen LogP contribution in [-0.4, -0.2) is 53.9 Å². The summed E-state index contributed by atoms with van der Waals surface area (Å²) in [5, 5.41) is 7.52. The van der Waals surface area contributed by atoms with E-state index in [2.05, 4.69) is 15.0 Å². The lowest BCUT2D eigenvalue weighted by Gasteiger charge is -2.31. The predicted molar refractivity (Wildman–Crippen MR) is 74.9 cm³/mol. The van der Waals surface area contributed by atoms with Gasteiger partial charge in [-0.3, -0.25) is 4.68 Å². The Kier molecular flexibility index (Phi) is 5.46. The van der Waals surface area contributed by atoms with E-state index in [-0.39, 0.29) is 5.92 Å². The number of nitrogens with zero attached hydrogens (tertiary/aromatic N) is 4. The van der Waals surface area contributed by atoms with E-state index in [1.807, 2.05) is 0 Å². The van der Waals surface area contributed by atoms with Gasteiger partial charge in [0, 0.05) is 32.4 Å². The molecule has 1 atom stereocenters. The number of nitrogens with two attached hydrogens (primary N) is 1. The van der Waals surface area contributed by atoms with Crippen LogP contribution in [0.15, 0.2) is 12.4 Å². The topological polar surface area (TPSA) is 106 Å². The molecule has 8 nitrogen and oxygen atoms in total. The molecule has 0 bridgehead atoms. The van der Waals surface area contributed by atoms with Crippen LogP contribution >= 0.6 is 0 Å². The monoisotopic (exact) mass is 302 g/mol. The Hall–Kier alpha value is -1.03. The molecule has 20 heavy (non-hydrogen) atoms. The van der Waals surface area contributed by atoms with Gasteiger partial charge in [0.25, 0.3) is 10.2 Å². The van der Waals surface area contributed by atoms with Gasteiger partial charge in [-0.2, -0.15) is 12.7 Å². The number of nitrogens with one attached hydrogen (secondary N) is 1. The van der Waals surface area contributed by atoms with Crippen LogP contribution in [0.2, 0.25) is 0 Å². The van der Waals surface area contributed by atoms with E-state index >= 15 is 0 Å². The third-order valence-electron chi connectivity index (χ3n) is 3.48. The van der Waals surface area contributed by atoms with E-state index in [1.54, 1.807) is 17.1 Å². The van der Waals surface area contributed by atoms with Crippen LogP contribution in [0, 0.1) is 5.92 Å². The first-order valence-electron chi connectivity index (χ1n) is 6.90. The average Bonchev–Trinajstić information content (AvgIpc) is 2.97. The summed E-state index contributed by atoms with van der Waals surface area (Å²) >= 11 is 0. The number of aromatic nitrogens is 3. The van der Waals surface area contributed by atoms with Crippen molar-refractivity contribution in [3.05, 3.63) is 12.4 Å². The minimum Gasteiger partial charge on any atom is -0.330 e. The van der Waals surface area contributed by atoms with Gasteiger partial charge in [0.05, 0.1) is 6.20 Å². The van der Waals surface area contributed by atoms with E-state index in [4.69, 9.17) is 5.73 Å². The summed E-state index contributed by atoms with van der Waals surface area (Å²) in [7, 11) is -3.38. The molecule has 1 saturated heterocycles. The molecule has 2 heterocycles. The quantitative estimate of drug-likeness (QED) is 0.640. The molecule has 1 unspecified atom stereocenters. The molecule has 0 spiro atoms. The summed E-state index contributed by atoms with van der Waals surface area (Å²) in [6.45, 7) is 2.68. The van der Waals surface area contributed by atoms with Crippen LogP contribution in [0.5, 0.6) is 0 Å². The second kappa shape index (κ2) is 7.11. The van der Waals surface area contributed by atoms with Crippen LogP contribution in [0.1, 0.15) is 19.3 Å². The SMILES string of the molecule is NCC1CCCN(S(=O)(=O)NCCCn2ccnn2)C1. The van der Waals surface area contributed by atoms with Crippen molar-refractivity contribution >= 4 is 10.2 Å². The van der Waals surface area contributed by atoms with Gasteiger partial charge in [0.1, 0.15) is 0 Å². The first-order valence-corrected chi connectivity index (χ1v) is 8.35. The van der Waals surface area contributed by atoms with Crippen molar-refractivity contribution in [3.63, 3.8) is 0 Å². The summed E-state index contributed by atoms with van der Waals surface area (Å²) in [4.78, 5) is 0. The van der Waals surface area contributed by atoms with Crippen LogP contribution < -0.4 is 10.5 Å². The molecular formula is C11H22N6O2S. The van der Waals surface area contributed by atoms with E-state index < -0.39 is 10.2 Å². The molecule has 2 rings (SSSR count). The minimum atomic E-state index is -3.38. The van der Waals surface area contributed by atoms with Gasteiger partial charge in [-0.05, 0) is 31.7 Å². The lowest BCUT2D eigenvalue weighted by Crippen LogP contribution is -2.47. The van der Waals surface area contributed by atoms with Crippen molar-refractivity contribution in [3.8, 4) is 0 Å². The van der Waals surface area contributed by atoms with Crippen molar-refractivity contribution in [2.24, 2.45) is 11.7 Å². The zero-order chi connectivity index (χ0) is 14.4. The molecular weight excluding hydrogens is 280 g/mol. The summed E-state index contributed by atoms with van der Waals surface area (Å²) in [6.07, 6.45) is 5.92. The van der Waals surface area contributed by atoms with Crippen molar-refractivity contribution in [2.45, 2.75) is 25.8 Å². The van der Waals surface area contributed by atoms with Crippen molar-refractivity contribution in [2.75, 3.05) is 26.2 Å². The number of rotatable bonds is 7. The first-order chi connectivity index (χ1) is 9.62. The molecule has 1 fully saturated rings. The Labute approximate surface area is 119 Å². The van der Waals surface area contributed by atoms with E-state index in [1.165, 1.54) is 4.31 Å². The maximum absolute atomic E-state index is 12.1. The van der Waals surface area contributed by atoms with Gasteiger partial charge in [-0.1, -0.05) is 5.21 Å². The Bertz CT molecular complexity index is 489. The highest BCUT2D eigenvalue weighted by Crippen LogP contribution is 2.17. The molecule has 0 amide bonds. The van der Waals surface area contributed by atoms with Gasteiger partial charge in [0.2, 0.25) is 0 Å². The number of hydrogen-bond acceptors (Lipinski definition) is 5. The summed E-state index contributed by atoms with van der Waals surface area (Å²) in [5.41, 5.74) is 5.63. The molecule has 0 saturated carbocycles. The first kappa shape index (κ1) is 15.4. The fourth-order valence-electron chi connectivity index (χ4n) is 2.32. The fourth-order valence-corrected chi connectivity index (χ4v) is 3.68.